The number of rotatable bonds is 7. The zero-order valence-electron chi connectivity index (χ0n) is 13.9. The molecule has 0 fully saturated rings. The first kappa shape index (κ1) is 16.8. The summed E-state index contributed by atoms with van der Waals surface area (Å²) in [6.07, 6.45) is 1.59. The van der Waals surface area contributed by atoms with Crippen molar-refractivity contribution in [3.8, 4) is 11.1 Å². The highest BCUT2D eigenvalue weighted by molar-refractivity contribution is 7.19. The van der Waals surface area contributed by atoms with Crippen LogP contribution in [-0.2, 0) is 4.74 Å². The molecule has 0 atom stereocenters. The lowest BCUT2D eigenvalue weighted by atomic mass is 10.0. The van der Waals surface area contributed by atoms with Crippen LogP contribution in [0.3, 0.4) is 0 Å². The Balaban J connectivity index is 1.94. The molecular formula is C18H21N3O2S. The lowest BCUT2D eigenvalue weighted by Crippen LogP contribution is -2.12. The first-order chi connectivity index (χ1) is 11.7. The van der Waals surface area contributed by atoms with Crippen molar-refractivity contribution in [2.45, 2.75) is 13.8 Å². The standard InChI is InChI=1S/C18H21N3O2S/c1-12-3-5-14(6-4-12)15-13(2)24-18-16(15)17(20-11-21-18)19-7-9-23-10-8-22/h3-6,11,22H,7-10H2,1-2H3,(H,19,20,21). The van der Waals surface area contributed by atoms with Crippen LogP contribution >= 0.6 is 11.3 Å². The second-order valence-electron chi connectivity index (χ2n) is 5.56. The zero-order valence-corrected chi connectivity index (χ0v) is 14.7. The van der Waals surface area contributed by atoms with Gasteiger partial charge in [-0.1, -0.05) is 29.8 Å². The van der Waals surface area contributed by atoms with Gasteiger partial charge in [-0.05, 0) is 19.4 Å². The number of hydrogen-bond donors (Lipinski definition) is 2. The van der Waals surface area contributed by atoms with Crippen LogP contribution in [0.4, 0.5) is 5.82 Å². The van der Waals surface area contributed by atoms with Crippen LogP contribution in [0, 0.1) is 13.8 Å². The molecule has 0 unspecified atom stereocenters. The van der Waals surface area contributed by atoms with E-state index in [4.69, 9.17) is 9.84 Å². The van der Waals surface area contributed by atoms with Crippen LogP contribution in [0.2, 0.25) is 0 Å². The Morgan fingerprint density at radius 3 is 2.67 bits per heavy atom. The fraction of sp³-hybridized carbons (Fsp3) is 0.333. The summed E-state index contributed by atoms with van der Waals surface area (Å²) in [5.74, 6) is 0.826. The molecule has 0 spiro atoms. The van der Waals surface area contributed by atoms with E-state index in [9.17, 15) is 0 Å². The number of anilines is 1. The molecule has 2 N–H and O–H groups in total. The number of aromatic nitrogens is 2. The summed E-state index contributed by atoms with van der Waals surface area (Å²) in [5.41, 5.74) is 3.61. The Bertz CT molecular complexity index is 815. The maximum absolute atomic E-state index is 8.74. The number of aliphatic hydroxyl groups is 1. The smallest absolute Gasteiger partial charge is 0.138 e. The van der Waals surface area contributed by atoms with Gasteiger partial charge >= 0.3 is 0 Å². The van der Waals surface area contributed by atoms with Crippen LogP contribution < -0.4 is 5.32 Å². The summed E-state index contributed by atoms with van der Waals surface area (Å²) >= 11 is 1.68. The van der Waals surface area contributed by atoms with Crippen LogP contribution in [0.5, 0.6) is 0 Å². The van der Waals surface area contributed by atoms with E-state index in [0.717, 1.165) is 16.0 Å². The van der Waals surface area contributed by atoms with Crippen molar-refractivity contribution < 1.29 is 9.84 Å². The van der Waals surface area contributed by atoms with Gasteiger partial charge in [0, 0.05) is 17.0 Å². The lowest BCUT2D eigenvalue weighted by molar-refractivity contribution is 0.0992. The van der Waals surface area contributed by atoms with Crippen LogP contribution in [-0.4, -0.2) is 41.4 Å². The molecule has 126 valence electrons. The molecule has 0 amide bonds. The molecule has 3 aromatic rings. The number of benzene rings is 1. The fourth-order valence-electron chi connectivity index (χ4n) is 2.65. The summed E-state index contributed by atoms with van der Waals surface area (Å²) in [6.45, 7) is 5.76. The minimum atomic E-state index is 0.0407. The third kappa shape index (κ3) is 3.56. The third-order valence-electron chi connectivity index (χ3n) is 3.78. The van der Waals surface area contributed by atoms with Crippen LogP contribution in [0.15, 0.2) is 30.6 Å². The average Bonchev–Trinajstić information content (AvgIpc) is 2.92. The lowest BCUT2D eigenvalue weighted by Gasteiger charge is -2.09. The fourth-order valence-corrected chi connectivity index (χ4v) is 3.67. The molecule has 3 rings (SSSR count). The van der Waals surface area contributed by atoms with Gasteiger partial charge in [0.1, 0.15) is 17.0 Å². The molecule has 0 aliphatic rings. The summed E-state index contributed by atoms with van der Waals surface area (Å²) < 4.78 is 5.30. The Kier molecular flexibility index (Phi) is 5.40. The van der Waals surface area contributed by atoms with Gasteiger partial charge < -0.3 is 15.2 Å². The van der Waals surface area contributed by atoms with Gasteiger partial charge in [0.2, 0.25) is 0 Å². The van der Waals surface area contributed by atoms with Crippen LogP contribution in [0.25, 0.3) is 21.3 Å². The first-order valence-corrected chi connectivity index (χ1v) is 8.76. The highest BCUT2D eigenvalue weighted by Gasteiger charge is 2.16. The van der Waals surface area contributed by atoms with E-state index in [0.29, 0.717) is 19.8 Å². The van der Waals surface area contributed by atoms with E-state index in [1.54, 1.807) is 17.7 Å². The molecule has 24 heavy (non-hydrogen) atoms. The number of hydrogen-bond acceptors (Lipinski definition) is 6. The Morgan fingerprint density at radius 1 is 1.12 bits per heavy atom. The predicted octanol–water partition coefficient (Wildman–Crippen LogP) is 3.40. The highest BCUT2D eigenvalue weighted by atomic mass is 32.1. The second-order valence-corrected chi connectivity index (χ2v) is 6.77. The summed E-state index contributed by atoms with van der Waals surface area (Å²) in [7, 11) is 0. The Hall–Kier alpha value is -2.02. The SMILES string of the molecule is Cc1ccc(-c2c(C)sc3ncnc(NCCOCCO)c23)cc1. The monoisotopic (exact) mass is 343 g/mol. The van der Waals surface area contributed by atoms with Crippen molar-refractivity contribution in [3.05, 3.63) is 41.0 Å². The molecular weight excluding hydrogens is 322 g/mol. The predicted molar refractivity (Wildman–Crippen MR) is 98.7 cm³/mol. The van der Waals surface area contributed by atoms with E-state index in [-0.39, 0.29) is 6.61 Å². The topological polar surface area (TPSA) is 67.3 Å². The van der Waals surface area contributed by atoms with Gasteiger partial charge in [-0.2, -0.15) is 0 Å². The average molecular weight is 343 g/mol. The largest absolute Gasteiger partial charge is 0.394 e. The molecule has 0 radical (unpaired) electrons. The maximum atomic E-state index is 8.74. The number of aryl methyl sites for hydroxylation is 2. The van der Waals surface area contributed by atoms with Gasteiger partial charge in [0.05, 0.1) is 25.2 Å². The Labute approximate surface area is 145 Å². The van der Waals surface area contributed by atoms with E-state index in [1.165, 1.54) is 21.6 Å². The number of nitrogens with one attached hydrogen (secondary N) is 1. The molecule has 5 nitrogen and oxygen atoms in total. The maximum Gasteiger partial charge on any atom is 0.138 e. The number of ether oxygens (including phenoxy) is 1. The van der Waals surface area contributed by atoms with Gasteiger partial charge in [-0.15, -0.1) is 11.3 Å². The molecule has 6 heteroatoms. The number of thiophene rings is 1. The molecule has 0 aliphatic heterocycles. The van der Waals surface area contributed by atoms with Crippen molar-refractivity contribution >= 4 is 27.4 Å². The quantitative estimate of drug-likeness (QED) is 0.644. The number of aliphatic hydroxyl groups excluding tert-OH is 1. The van der Waals surface area contributed by atoms with Gasteiger partial charge in [0.15, 0.2) is 0 Å². The summed E-state index contributed by atoms with van der Waals surface area (Å²) in [5, 5.41) is 13.1. The van der Waals surface area contributed by atoms with Crippen molar-refractivity contribution in [1.29, 1.82) is 0 Å². The second kappa shape index (κ2) is 7.70. The van der Waals surface area contributed by atoms with E-state index in [2.05, 4.69) is 53.4 Å². The van der Waals surface area contributed by atoms with E-state index < -0.39 is 0 Å². The Morgan fingerprint density at radius 2 is 1.92 bits per heavy atom. The van der Waals surface area contributed by atoms with Crippen molar-refractivity contribution in [1.82, 2.24) is 9.97 Å². The van der Waals surface area contributed by atoms with Gasteiger partial charge in [-0.3, -0.25) is 0 Å². The van der Waals surface area contributed by atoms with Crippen molar-refractivity contribution in [2.24, 2.45) is 0 Å². The highest BCUT2D eigenvalue weighted by Crippen LogP contribution is 2.40. The molecule has 2 aromatic heterocycles. The van der Waals surface area contributed by atoms with E-state index in [1.807, 2.05) is 0 Å². The minimum Gasteiger partial charge on any atom is -0.394 e. The summed E-state index contributed by atoms with van der Waals surface area (Å²) in [4.78, 5) is 11.1. The van der Waals surface area contributed by atoms with Gasteiger partial charge in [0.25, 0.3) is 0 Å². The van der Waals surface area contributed by atoms with Crippen LogP contribution in [0.1, 0.15) is 10.4 Å². The molecule has 0 bridgehead atoms. The number of fused-ring (bicyclic) bond motifs is 1. The number of nitrogens with zero attached hydrogens (tertiary/aromatic N) is 2. The molecule has 0 aliphatic carbocycles. The van der Waals surface area contributed by atoms with Crippen molar-refractivity contribution in [2.75, 3.05) is 31.7 Å². The van der Waals surface area contributed by atoms with Gasteiger partial charge in [-0.25, -0.2) is 9.97 Å². The molecule has 0 saturated carbocycles. The molecule has 0 saturated heterocycles. The van der Waals surface area contributed by atoms with Crippen molar-refractivity contribution in [3.63, 3.8) is 0 Å². The summed E-state index contributed by atoms with van der Waals surface area (Å²) in [6, 6.07) is 8.53. The molecule has 1 aromatic carbocycles. The first-order valence-electron chi connectivity index (χ1n) is 7.94. The normalized spacial score (nSPS) is 11.1. The molecule has 2 heterocycles. The zero-order chi connectivity index (χ0) is 16.9. The third-order valence-corrected chi connectivity index (χ3v) is 4.79. The minimum absolute atomic E-state index is 0.0407. The van der Waals surface area contributed by atoms with E-state index >= 15 is 0 Å².